The van der Waals surface area contributed by atoms with Gasteiger partial charge in [-0.15, -0.1) is 0 Å². The monoisotopic (exact) mass is 251 g/mol. The van der Waals surface area contributed by atoms with Crippen LogP contribution < -0.4 is 5.32 Å². The predicted molar refractivity (Wildman–Crippen MR) is 77.6 cm³/mol. The van der Waals surface area contributed by atoms with Crippen molar-refractivity contribution in [2.75, 3.05) is 6.54 Å². The van der Waals surface area contributed by atoms with E-state index >= 15 is 0 Å². The fourth-order valence-corrected chi connectivity index (χ4v) is 2.37. The van der Waals surface area contributed by atoms with Crippen LogP contribution in [0.25, 0.3) is 0 Å². The van der Waals surface area contributed by atoms with Crippen LogP contribution in [0.5, 0.6) is 0 Å². The smallest absolute Gasteiger partial charge is 0.219 e. The van der Waals surface area contributed by atoms with E-state index in [2.05, 4.69) is 17.5 Å². The molecule has 0 aromatic rings. The first-order chi connectivity index (χ1) is 8.89. The van der Waals surface area contributed by atoms with Crippen molar-refractivity contribution in [3.63, 3.8) is 0 Å². The third-order valence-corrected chi connectivity index (χ3v) is 3.56. The number of rotatable bonds is 0. The van der Waals surface area contributed by atoms with Crippen LogP contribution in [0.2, 0.25) is 0 Å². The normalized spacial score (nSPS) is 23.9. The van der Waals surface area contributed by atoms with Crippen molar-refractivity contribution in [2.45, 2.75) is 77.0 Å². The average molecular weight is 251 g/mol. The molecule has 0 atom stereocenters. The minimum atomic E-state index is 0.251. The lowest BCUT2D eigenvalue weighted by Crippen LogP contribution is -2.23. The molecule has 1 aliphatic heterocycles. The number of allylic oxidation sites excluding steroid dienone is 2. The molecule has 0 aromatic heterocycles. The fourth-order valence-electron chi connectivity index (χ4n) is 2.37. The van der Waals surface area contributed by atoms with E-state index in [1.165, 1.54) is 57.8 Å². The van der Waals surface area contributed by atoms with Crippen LogP contribution in [0.4, 0.5) is 0 Å². The van der Waals surface area contributed by atoms with Gasteiger partial charge in [0, 0.05) is 13.0 Å². The van der Waals surface area contributed by atoms with Crippen LogP contribution in [-0.4, -0.2) is 12.5 Å². The minimum absolute atomic E-state index is 0.251. The number of amides is 1. The number of hydrogen-bond donors (Lipinski definition) is 1. The van der Waals surface area contributed by atoms with Crippen LogP contribution in [0, 0.1) is 0 Å². The molecule has 1 N–H and O–H groups in total. The molecule has 0 aliphatic carbocycles. The highest BCUT2D eigenvalue weighted by molar-refractivity contribution is 5.75. The summed E-state index contributed by atoms with van der Waals surface area (Å²) in [6, 6.07) is 0. The van der Waals surface area contributed by atoms with Gasteiger partial charge in [0.25, 0.3) is 0 Å². The first-order valence-corrected chi connectivity index (χ1v) is 7.81. The molecule has 0 aromatic carbocycles. The molecular formula is C16H29NO. The number of carbonyl (C=O) groups is 1. The summed E-state index contributed by atoms with van der Waals surface area (Å²) in [6.07, 6.45) is 19.0. The van der Waals surface area contributed by atoms with Crippen molar-refractivity contribution in [2.24, 2.45) is 0 Å². The second-order valence-corrected chi connectivity index (χ2v) is 5.33. The molecule has 104 valence electrons. The van der Waals surface area contributed by atoms with Gasteiger partial charge in [0.15, 0.2) is 0 Å². The number of hydrogen-bond acceptors (Lipinski definition) is 1. The maximum atomic E-state index is 11.5. The van der Waals surface area contributed by atoms with E-state index < -0.39 is 0 Å². The zero-order valence-electron chi connectivity index (χ0n) is 11.8. The van der Waals surface area contributed by atoms with E-state index in [4.69, 9.17) is 0 Å². The van der Waals surface area contributed by atoms with Crippen LogP contribution in [-0.2, 0) is 4.79 Å². The Morgan fingerprint density at radius 3 is 2.00 bits per heavy atom. The Balaban J connectivity index is 2.17. The van der Waals surface area contributed by atoms with Crippen LogP contribution in [0.1, 0.15) is 77.0 Å². The van der Waals surface area contributed by atoms with Crippen LogP contribution in [0.15, 0.2) is 12.2 Å². The van der Waals surface area contributed by atoms with E-state index in [0.717, 1.165) is 25.8 Å². The lowest BCUT2D eigenvalue weighted by molar-refractivity contribution is -0.121. The van der Waals surface area contributed by atoms with Crippen LogP contribution >= 0.6 is 0 Å². The third kappa shape index (κ3) is 9.26. The maximum absolute atomic E-state index is 11.5. The zero-order valence-corrected chi connectivity index (χ0v) is 11.8. The van der Waals surface area contributed by atoms with E-state index in [0.29, 0.717) is 0 Å². The molecule has 1 rings (SSSR count). The van der Waals surface area contributed by atoms with Crippen molar-refractivity contribution in [1.82, 2.24) is 5.32 Å². The van der Waals surface area contributed by atoms with Gasteiger partial charge in [-0.25, -0.2) is 0 Å². The summed E-state index contributed by atoms with van der Waals surface area (Å²) in [7, 11) is 0. The molecule has 0 bridgehead atoms. The van der Waals surface area contributed by atoms with Crippen molar-refractivity contribution in [3.05, 3.63) is 12.2 Å². The lowest BCUT2D eigenvalue weighted by atomic mass is 10.1. The molecule has 2 nitrogen and oxygen atoms in total. The minimum Gasteiger partial charge on any atom is -0.356 e. The van der Waals surface area contributed by atoms with Crippen molar-refractivity contribution in [3.8, 4) is 0 Å². The van der Waals surface area contributed by atoms with E-state index in [1.54, 1.807) is 0 Å². The Bertz CT molecular complexity index is 213. The van der Waals surface area contributed by atoms with Crippen molar-refractivity contribution in [1.29, 1.82) is 0 Å². The Kier molecular flexibility index (Phi) is 9.59. The SMILES string of the molecule is O=C1CCCCCCC/C=C\CCCCCCN1. The highest BCUT2D eigenvalue weighted by atomic mass is 16.1. The molecule has 2 heteroatoms. The first-order valence-electron chi connectivity index (χ1n) is 7.81. The molecule has 0 saturated heterocycles. The maximum Gasteiger partial charge on any atom is 0.219 e. The van der Waals surface area contributed by atoms with Gasteiger partial charge in [0.1, 0.15) is 0 Å². The van der Waals surface area contributed by atoms with Gasteiger partial charge < -0.3 is 5.32 Å². The summed E-state index contributed by atoms with van der Waals surface area (Å²) >= 11 is 0. The Labute approximate surface area is 112 Å². The summed E-state index contributed by atoms with van der Waals surface area (Å²) in [5.74, 6) is 0.251. The van der Waals surface area contributed by atoms with Gasteiger partial charge in [0.05, 0.1) is 0 Å². The van der Waals surface area contributed by atoms with Crippen molar-refractivity contribution >= 4 is 5.91 Å². The molecule has 0 saturated carbocycles. The number of nitrogens with one attached hydrogen (secondary N) is 1. The van der Waals surface area contributed by atoms with E-state index in [9.17, 15) is 4.79 Å². The van der Waals surface area contributed by atoms with E-state index in [-0.39, 0.29) is 5.91 Å². The van der Waals surface area contributed by atoms with Gasteiger partial charge in [-0.3, -0.25) is 4.79 Å². The molecule has 1 amide bonds. The topological polar surface area (TPSA) is 29.1 Å². The highest BCUT2D eigenvalue weighted by Gasteiger charge is 2.00. The predicted octanol–water partition coefficient (Wildman–Crippen LogP) is 4.35. The first kappa shape index (κ1) is 15.3. The molecule has 1 heterocycles. The van der Waals surface area contributed by atoms with Gasteiger partial charge in [0.2, 0.25) is 5.91 Å². The zero-order chi connectivity index (χ0) is 12.9. The fraction of sp³-hybridized carbons (Fsp3) is 0.812. The van der Waals surface area contributed by atoms with Gasteiger partial charge >= 0.3 is 0 Å². The molecule has 0 fully saturated rings. The summed E-state index contributed by atoms with van der Waals surface area (Å²) in [5, 5.41) is 3.02. The largest absolute Gasteiger partial charge is 0.356 e. The summed E-state index contributed by atoms with van der Waals surface area (Å²) in [6.45, 7) is 0.870. The molecule has 0 unspecified atom stereocenters. The molecule has 0 spiro atoms. The second kappa shape index (κ2) is 11.3. The van der Waals surface area contributed by atoms with Crippen LogP contribution in [0.3, 0.4) is 0 Å². The Hall–Kier alpha value is -0.790. The van der Waals surface area contributed by atoms with Gasteiger partial charge in [-0.1, -0.05) is 44.3 Å². The Morgan fingerprint density at radius 2 is 1.28 bits per heavy atom. The second-order valence-electron chi connectivity index (χ2n) is 5.33. The Morgan fingerprint density at radius 1 is 0.722 bits per heavy atom. The number of carbonyl (C=O) groups excluding carboxylic acids is 1. The van der Waals surface area contributed by atoms with Crippen molar-refractivity contribution < 1.29 is 4.79 Å². The lowest BCUT2D eigenvalue weighted by Gasteiger charge is -2.05. The molecule has 0 radical (unpaired) electrons. The summed E-state index contributed by atoms with van der Waals surface area (Å²) < 4.78 is 0. The van der Waals surface area contributed by atoms with Gasteiger partial charge in [-0.2, -0.15) is 0 Å². The third-order valence-electron chi connectivity index (χ3n) is 3.56. The quantitative estimate of drug-likeness (QED) is 0.637. The van der Waals surface area contributed by atoms with E-state index in [1.807, 2.05) is 0 Å². The molecular weight excluding hydrogens is 222 g/mol. The average Bonchev–Trinajstić information content (AvgIpc) is 2.37. The standard InChI is InChI=1S/C16H29NO/c18-16-14-12-10-8-6-4-2-1-3-5-7-9-11-13-15-17-16/h1,3H,2,4-15H2,(H,17,18)/b3-1-. The molecule has 18 heavy (non-hydrogen) atoms. The summed E-state index contributed by atoms with van der Waals surface area (Å²) in [4.78, 5) is 11.5. The molecule has 1 aliphatic rings. The summed E-state index contributed by atoms with van der Waals surface area (Å²) in [5.41, 5.74) is 0. The van der Waals surface area contributed by atoms with Gasteiger partial charge in [-0.05, 0) is 38.5 Å². The highest BCUT2D eigenvalue weighted by Crippen LogP contribution is 2.09.